The second-order valence-corrected chi connectivity index (χ2v) is 5.51. The van der Waals surface area contributed by atoms with E-state index in [1.807, 2.05) is 12.4 Å². The van der Waals surface area contributed by atoms with Gasteiger partial charge < -0.3 is 4.90 Å². The Morgan fingerprint density at radius 1 is 1.33 bits per heavy atom. The molecule has 2 nitrogen and oxygen atoms in total. The average Bonchev–Trinajstić information content (AvgIpc) is 3.10. The minimum atomic E-state index is 0.796. The highest BCUT2D eigenvalue weighted by molar-refractivity contribution is 9.10. The summed E-state index contributed by atoms with van der Waals surface area (Å²) < 4.78 is 1.14. The smallest absolute Gasteiger partial charge is 0.0592 e. The van der Waals surface area contributed by atoms with Gasteiger partial charge in [0.05, 0.1) is 10.2 Å². The van der Waals surface area contributed by atoms with E-state index in [2.05, 4.69) is 31.9 Å². The van der Waals surface area contributed by atoms with Crippen LogP contribution in [0.15, 0.2) is 22.9 Å². The van der Waals surface area contributed by atoms with Crippen molar-refractivity contribution in [2.24, 2.45) is 5.92 Å². The van der Waals surface area contributed by atoms with Gasteiger partial charge in [-0.3, -0.25) is 4.98 Å². The van der Waals surface area contributed by atoms with Crippen molar-refractivity contribution >= 4 is 21.6 Å². The fourth-order valence-corrected chi connectivity index (χ4v) is 2.49. The van der Waals surface area contributed by atoms with E-state index in [0.29, 0.717) is 0 Å². The molecule has 15 heavy (non-hydrogen) atoms. The summed E-state index contributed by atoms with van der Waals surface area (Å²) in [5.74, 6) is 0.950. The molecule has 1 heterocycles. The number of rotatable bonds is 4. The summed E-state index contributed by atoms with van der Waals surface area (Å²) in [5.41, 5.74) is 1.33. The van der Waals surface area contributed by atoms with Crippen molar-refractivity contribution < 1.29 is 0 Å². The van der Waals surface area contributed by atoms with Crippen molar-refractivity contribution in [3.63, 3.8) is 0 Å². The fraction of sp³-hybridized carbons (Fsp3) is 0.583. The normalized spacial score (nSPS) is 20.3. The van der Waals surface area contributed by atoms with E-state index in [0.717, 1.165) is 16.4 Å². The molecule has 3 heteroatoms. The van der Waals surface area contributed by atoms with Crippen LogP contribution >= 0.6 is 15.9 Å². The maximum absolute atomic E-state index is 4.13. The minimum absolute atomic E-state index is 0.796. The SMILES string of the molecule is Brc1cnccc1N(CC1CC1)C1CC1. The zero-order valence-electron chi connectivity index (χ0n) is 8.69. The average molecular weight is 267 g/mol. The van der Waals surface area contributed by atoms with E-state index >= 15 is 0 Å². The van der Waals surface area contributed by atoms with Crippen molar-refractivity contribution in [2.75, 3.05) is 11.4 Å². The van der Waals surface area contributed by atoms with Crippen LogP contribution in [0.5, 0.6) is 0 Å². The summed E-state index contributed by atoms with van der Waals surface area (Å²) in [7, 11) is 0. The van der Waals surface area contributed by atoms with E-state index in [4.69, 9.17) is 0 Å². The molecule has 2 fully saturated rings. The Morgan fingerprint density at radius 2 is 2.13 bits per heavy atom. The first-order valence-corrected chi connectivity index (χ1v) is 6.50. The summed E-state index contributed by atoms with van der Waals surface area (Å²) in [6, 6.07) is 2.93. The van der Waals surface area contributed by atoms with E-state index in [1.54, 1.807) is 0 Å². The Morgan fingerprint density at radius 3 is 2.73 bits per heavy atom. The molecular weight excluding hydrogens is 252 g/mol. The number of halogens is 1. The summed E-state index contributed by atoms with van der Waals surface area (Å²) in [4.78, 5) is 6.70. The minimum Gasteiger partial charge on any atom is -0.367 e. The van der Waals surface area contributed by atoms with Crippen LogP contribution in [0.2, 0.25) is 0 Å². The van der Waals surface area contributed by atoms with Gasteiger partial charge in [-0.05, 0) is 53.6 Å². The molecule has 0 aliphatic heterocycles. The topological polar surface area (TPSA) is 16.1 Å². The van der Waals surface area contributed by atoms with E-state index in [1.165, 1.54) is 37.9 Å². The third kappa shape index (κ3) is 2.17. The van der Waals surface area contributed by atoms with Gasteiger partial charge in [0.15, 0.2) is 0 Å². The maximum atomic E-state index is 4.13. The number of anilines is 1. The van der Waals surface area contributed by atoms with E-state index in [9.17, 15) is 0 Å². The van der Waals surface area contributed by atoms with E-state index < -0.39 is 0 Å². The zero-order chi connectivity index (χ0) is 10.3. The number of hydrogen-bond donors (Lipinski definition) is 0. The molecule has 0 spiro atoms. The molecule has 0 atom stereocenters. The molecular formula is C12H15BrN2. The molecule has 0 N–H and O–H groups in total. The second kappa shape index (κ2) is 3.78. The fourth-order valence-electron chi connectivity index (χ4n) is 2.01. The van der Waals surface area contributed by atoms with Crippen LogP contribution in [-0.4, -0.2) is 17.6 Å². The number of pyridine rings is 1. The monoisotopic (exact) mass is 266 g/mol. The highest BCUT2D eigenvalue weighted by atomic mass is 79.9. The Labute approximate surface area is 98.8 Å². The van der Waals surface area contributed by atoms with Gasteiger partial charge in [-0.15, -0.1) is 0 Å². The Bertz CT molecular complexity index is 358. The number of nitrogens with zero attached hydrogens (tertiary/aromatic N) is 2. The predicted molar refractivity (Wildman–Crippen MR) is 65.0 cm³/mol. The molecule has 0 unspecified atom stereocenters. The summed E-state index contributed by atoms with van der Waals surface area (Å²) in [5, 5.41) is 0. The Balaban J connectivity index is 1.83. The van der Waals surface area contributed by atoms with Crippen LogP contribution in [0.25, 0.3) is 0 Å². The molecule has 0 radical (unpaired) electrons. The van der Waals surface area contributed by atoms with Gasteiger partial charge in [0.2, 0.25) is 0 Å². The lowest BCUT2D eigenvalue weighted by atomic mass is 10.3. The van der Waals surface area contributed by atoms with Gasteiger partial charge in [0.25, 0.3) is 0 Å². The third-order valence-electron chi connectivity index (χ3n) is 3.20. The van der Waals surface area contributed by atoms with Crippen molar-refractivity contribution in [2.45, 2.75) is 31.7 Å². The maximum Gasteiger partial charge on any atom is 0.0592 e. The molecule has 0 bridgehead atoms. The largest absolute Gasteiger partial charge is 0.367 e. The quantitative estimate of drug-likeness (QED) is 0.832. The third-order valence-corrected chi connectivity index (χ3v) is 3.81. The summed E-state index contributed by atoms with van der Waals surface area (Å²) in [6.45, 7) is 1.24. The standard InChI is InChI=1S/C12H15BrN2/c13-11-7-14-6-5-12(11)15(10-3-4-10)8-9-1-2-9/h5-7,9-10H,1-4,8H2. The van der Waals surface area contributed by atoms with Crippen LogP contribution in [0, 0.1) is 5.92 Å². The van der Waals surface area contributed by atoms with Crippen molar-refractivity contribution in [1.82, 2.24) is 4.98 Å². The number of hydrogen-bond acceptors (Lipinski definition) is 2. The first kappa shape index (κ1) is 9.64. The Hall–Kier alpha value is -0.570. The zero-order valence-corrected chi connectivity index (χ0v) is 10.3. The van der Waals surface area contributed by atoms with Gasteiger partial charge >= 0.3 is 0 Å². The Kier molecular flexibility index (Phi) is 2.43. The van der Waals surface area contributed by atoms with Crippen LogP contribution in [0.4, 0.5) is 5.69 Å². The molecule has 2 aliphatic rings. The molecule has 0 amide bonds. The van der Waals surface area contributed by atoms with Gasteiger partial charge in [0.1, 0.15) is 0 Å². The summed E-state index contributed by atoms with van der Waals surface area (Å²) in [6.07, 6.45) is 9.36. The van der Waals surface area contributed by atoms with Gasteiger partial charge in [-0.2, -0.15) is 0 Å². The van der Waals surface area contributed by atoms with Crippen LogP contribution in [-0.2, 0) is 0 Å². The first-order valence-electron chi connectivity index (χ1n) is 5.71. The molecule has 0 saturated heterocycles. The van der Waals surface area contributed by atoms with Gasteiger partial charge in [-0.25, -0.2) is 0 Å². The second-order valence-electron chi connectivity index (χ2n) is 4.65. The lowest BCUT2D eigenvalue weighted by Crippen LogP contribution is -2.28. The molecule has 0 aromatic carbocycles. The molecule has 2 saturated carbocycles. The highest BCUT2D eigenvalue weighted by Crippen LogP contribution is 2.39. The summed E-state index contributed by atoms with van der Waals surface area (Å²) >= 11 is 3.60. The number of aromatic nitrogens is 1. The molecule has 3 rings (SSSR count). The predicted octanol–water partition coefficient (Wildman–Crippen LogP) is 3.22. The highest BCUT2D eigenvalue weighted by Gasteiger charge is 2.34. The lowest BCUT2D eigenvalue weighted by Gasteiger charge is -2.25. The van der Waals surface area contributed by atoms with Crippen LogP contribution in [0.1, 0.15) is 25.7 Å². The van der Waals surface area contributed by atoms with Crippen LogP contribution < -0.4 is 4.90 Å². The lowest BCUT2D eigenvalue weighted by molar-refractivity contribution is 0.717. The molecule has 80 valence electrons. The first-order chi connectivity index (χ1) is 7.34. The molecule has 1 aromatic heterocycles. The van der Waals surface area contributed by atoms with Crippen molar-refractivity contribution in [3.8, 4) is 0 Å². The van der Waals surface area contributed by atoms with E-state index in [-0.39, 0.29) is 0 Å². The molecule has 2 aliphatic carbocycles. The van der Waals surface area contributed by atoms with Crippen molar-refractivity contribution in [1.29, 1.82) is 0 Å². The van der Waals surface area contributed by atoms with Crippen molar-refractivity contribution in [3.05, 3.63) is 22.9 Å². The molecule has 1 aromatic rings. The van der Waals surface area contributed by atoms with Gasteiger partial charge in [-0.1, -0.05) is 0 Å². The van der Waals surface area contributed by atoms with Gasteiger partial charge in [0, 0.05) is 25.0 Å². The van der Waals surface area contributed by atoms with Crippen LogP contribution in [0.3, 0.4) is 0 Å².